The van der Waals surface area contributed by atoms with E-state index in [0.29, 0.717) is 6.42 Å². The lowest BCUT2D eigenvalue weighted by molar-refractivity contribution is -0.0958. The molecule has 0 bridgehead atoms. The molecule has 94 valence electrons. The second kappa shape index (κ2) is 4.69. The number of nitrogens with zero attached hydrogens (tertiary/aromatic N) is 1. The van der Waals surface area contributed by atoms with Crippen LogP contribution in [0.25, 0.3) is 0 Å². The molecule has 1 aliphatic carbocycles. The first-order chi connectivity index (χ1) is 7.93. The van der Waals surface area contributed by atoms with Crippen molar-refractivity contribution < 1.29 is 5.11 Å². The van der Waals surface area contributed by atoms with Gasteiger partial charge in [0.15, 0.2) is 0 Å². The summed E-state index contributed by atoms with van der Waals surface area (Å²) in [5.74, 6) is 0. The van der Waals surface area contributed by atoms with Crippen LogP contribution in [0.15, 0.2) is 22.9 Å². The predicted octanol–water partition coefficient (Wildman–Crippen LogP) is 3.72. The van der Waals surface area contributed by atoms with Gasteiger partial charge in [-0.3, -0.25) is 4.98 Å². The monoisotopic (exact) mass is 297 g/mol. The first kappa shape index (κ1) is 13.0. The topological polar surface area (TPSA) is 33.1 Å². The molecule has 1 unspecified atom stereocenters. The predicted molar refractivity (Wildman–Crippen MR) is 72.8 cm³/mol. The number of aromatic nitrogens is 1. The Labute approximate surface area is 112 Å². The smallest absolute Gasteiger partial charge is 0.0739 e. The van der Waals surface area contributed by atoms with Crippen molar-refractivity contribution in [1.29, 1.82) is 0 Å². The van der Waals surface area contributed by atoms with Gasteiger partial charge in [0.1, 0.15) is 0 Å². The second-order valence-electron chi connectivity index (χ2n) is 5.81. The zero-order chi connectivity index (χ0) is 12.5. The minimum Gasteiger partial charge on any atom is -0.389 e. The highest BCUT2D eigenvalue weighted by atomic mass is 79.9. The molecule has 3 heteroatoms. The Kier molecular flexibility index (Phi) is 3.60. The van der Waals surface area contributed by atoms with E-state index in [2.05, 4.69) is 40.8 Å². The maximum absolute atomic E-state index is 10.9. The van der Waals surface area contributed by atoms with Crippen molar-refractivity contribution in [2.24, 2.45) is 5.41 Å². The van der Waals surface area contributed by atoms with Crippen LogP contribution in [0.3, 0.4) is 0 Å². The van der Waals surface area contributed by atoms with Crippen molar-refractivity contribution >= 4 is 15.9 Å². The number of aliphatic hydroxyl groups is 1. The SMILES string of the molecule is CC1(C)CCCCC1(O)Cc1cncc(Br)c1. The van der Waals surface area contributed by atoms with E-state index in [4.69, 9.17) is 0 Å². The summed E-state index contributed by atoms with van der Waals surface area (Å²) in [5, 5.41) is 10.9. The summed E-state index contributed by atoms with van der Waals surface area (Å²) in [4.78, 5) is 4.17. The van der Waals surface area contributed by atoms with Crippen LogP contribution in [0.4, 0.5) is 0 Å². The average Bonchev–Trinajstić information content (AvgIpc) is 2.23. The molecular formula is C14H20BrNO. The van der Waals surface area contributed by atoms with Gasteiger partial charge in [0.25, 0.3) is 0 Å². The quantitative estimate of drug-likeness (QED) is 0.902. The Morgan fingerprint density at radius 2 is 2.00 bits per heavy atom. The Morgan fingerprint density at radius 3 is 2.65 bits per heavy atom. The zero-order valence-electron chi connectivity index (χ0n) is 10.5. The minimum absolute atomic E-state index is 0.00638. The Bertz CT molecular complexity index is 405. The summed E-state index contributed by atoms with van der Waals surface area (Å²) in [6.45, 7) is 4.36. The molecule has 0 saturated heterocycles. The van der Waals surface area contributed by atoms with E-state index >= 15 is 0 Å². The summed E-state index contributed by atoms with van der Waals surface area (Å²) in [6, 6.07) is 2.05. The van der Waals surface area contributed by atoms with Crippen molar-refractivity contribution in [2.45, 2.75) is 51.6 Å². The summed E-state index contributed by atoms with van der Waals surface area (Å²) < 4.78 is 0.979. The van der Waals surface area contributed by atoms with E-state index in [-0.39, 0.29) is 5.41 Å². The molecule has 1 heterocycles. The van der Waals surface area contributed by atoms with Crippen LogP contribution in [0, 0.1) is 5.41 Å². The third-order valence-electron chi connectivity index (χ3n) is 4.16. The number of rotatable bonds is 2. The van der Waals surface area contributed by atoms with Crippen LogP contribution < -0.4 is 0 Å². The van der Waals surface area contributed by atoms with Gasteiger partial charge in [-0.15, -0.1) is 0 Å². The summed E-state index contributed by atoms with van der Waals surface area (Å²) in [5.41, 5.74) is 0.512. The van der Waals surface area contributed by atoms with Gasteiger partial charge in [-0.1, -0.05) is 26.7 Å². The van der Waals surface area contributed by atoms with Crippen molar-refractivity contribution in [3.05, 3.63) is 28.5 Å². The molecule has 1 aliphatic rings. The third-order valence-corrected chi connectivity index (χ3v) is 4.59. The second-order valence-corrected chi connectivity index (χ2v) is 6.73. The van der Waals surface area contributed by atoms with E-state index in [1.54, 1.807) is 6.20 Å². The molecular weight excluding hydrogens is 278 g/mol. The number of hydrogen-bond acceptors (Lipinski definition) is 2. The van der Waals surface area contributed by atoms with Gasteiger partial charge in [-0.2, -0.15) is 0 Å². The van der Waals surface area contributed by atoms with Crippen molar-refractivity contribution in [3.8, 4) is 0 Å². The van der Waals surface area contributed by atoms with Crippen LogP contribution in [0.5, 0.6) is 0 Å². The molecule has 2 nitrogen and oxygen atoms in total. The molecule has 0 aliphatic heterocycles. The first-order valence-electron chi connectivity index (χ1n) is 6.25. The number of halogens is 1. The fraction of sp³-hybridized carbons (Fsp3) is 0.643. The van der Waals surface area contributed by atoms with Crippen molar-refractivity contribution in [2.75, 3.05) is 0 Å². The maximum atomic E-state index is 10.9. The highest BCUT2D eigenvalue weighted by molar-refractivity contribution is 9.10. The van der Waals surface area contributed by atoms with Gasteiger partial charge in [0, 0.05) is 23.3 Å². The molecule has 1 aromatic heterocycles. The van der Waals surface area contributed by atoms with Crippen LogP contribution in [0.1, 0.15) is 45.1 Å². The molecule has 0 radical (unpaired) electrons. The largest absolute Gasteiger partial charge is 0.389 e. The zero-order valence-corrected chi connectivity index (χ0v) is 12.1. The fourth-order valence-electron chi connectivity index (χ4n) is 2.77. The first-order valence-corrected chi connectivity index (χ1v) is 7.04. The summed E-state index contributed by atoms with van der Waals surface area (Å²) in [6.07, 6.45) is 8.68. The number of hydrogen-bond donors (Lipinski definition) is 1. The molecule has 1 saturated carbocycles. The molecule has 1 fully saturated rings. The molecule has 1 aromatic rings. The molecule has 0 spiro atoms. The van der Waals surface area contributed by atoms with Gasteiger partial charge < -0.3 is 5.11 Å². The Hall–Kier alpha value is -0.410. The fourth-order valence-corrected chi connectivity index (χ4v) is 3.19. The minimum atomic E-state index is -0.590. The van der Waals surface area contributed by atoms with E-state index in [0.717, 1.165) is 29.3 Å². The molecule has 0 amide bonds. The lowest BCUT2D eigenvalue weighted by Crippen LogP contribution is -2.48. The van der Waals surface area contributed by atoms with E-state index in [1.165, 1.54) is 6.42 Å². The molecule has 2 rings (SSSR count). The molecule has 1 N–H and O–H groups in total. The van der Waals surface area contributed by atoms with Crippen molar-refractivity contribution in [1.82, 2.24) is 4.98 Å². The maximum Gasteiger partial charge on any atom is 0.0739 e. The standard InChI is InChI=1S/C14H20BrNO/c1-13(2)5-3-4-6-14(13,17)8-11-7-12(15)10-16-9-11/h7,9-10,17H,3-6,8H2,1-2H3. The van der Waals surface area contributed by atoms with Gasteiger partial charge in [-0.25, -0.2) is 0 Å². The Balaban J connectivity index is 2.21. The summed E-state index contributed by atoms with van der Waals surface area (Å²) in [7, 11) is 0. The highest BCUT2D eigenvalue weighted by Crippen LogP contribution is 2.45. The third kappa shape index (κ3) is 2.71. The van der Waals surface area contributed by atoms with E-state index in [1.807, 2.05) is 6.20 Å². The van der Waals surface area contributed by atoms with Crippen LogP contribution >= 0.6 is 15.9 Å². The molecule has 1 atom stereocenters. The van der Waals surface area contributed by atoms with Crippen LogP contribution in [-0.4, -0.2) is 15.7 Å². The number of pyridine rings is 1. The molecule has 0 aromatic carbocycles. The van der Waals surface area contributed by atoms with Gasteiger partial charge in [0.2, 0.25) is 0 Å². The summed E-state index contributed by atoms with van der Waals surface area (Å²) >= 11 is 3.43. The lowest BCUT2D eigenvalue weighted by atomic mass is 9.63. The van der Waals surface area contributed by atoms with Crippen LogP contribution in [0.2, 0.25) is 0 Å². The average molecular weight is 298 g/mol. The Morgan fingerprint density at radius 1 is 1.29 bits per heavy atom. The van der Waals surface area contributed by atoms with E-state index in [9.17, 15) is 5.11 Å². The lowest BCUT2D eigenvalue weighted by Gasteiger charge is -2.46. The van der Waals surface area contributed by atoms with E-state index < -0.39 is 5.60 Å². The molecule has 17 heavy (non-hydrogen) atoms. The van der Waals surface area contributed by atoms with Crippen molar-refractivity contribution in [3.63, 3.8) is 0 Å². The normalized spacial score (nSPS) is 28.0. The highest BCUT2D eigenvalue weighted by Gasteiger charge is 2.44. The van der Waals surface area contributed by atoms with Gasteiger partial charge in [0.05, 0.1) is 5.60 Å². The van der Waals surface area contributed by atoms with Crippen LogP contribution in [-0.2, 0) is 6.42 Å². The van der Waals surface area contributed by atoms with Gasteiger partial charge in [-0.05, 0) is 45.8 Å². The van der Waals surface area contributed by atoms with Gasteiger partial charge >= 0.3 is 0 Å².